The summed E-state index contributed by atoms with van der Waals surface area (Å²) in [5.74, 6) is 0.584. The molecule has 2 heterocycles. The normalized spacial score (nSPS) is 21.9. The number of benzene rings is 2. The summed E-state index contributed by atoms with van der Waals surface area (Å²) in [6, 6.07) is 15.7. The summed E-state index contributed by atoms with van der Waals surface area (Å²) in [6.07, 6.45) is 1.12. The number of nitro groups is 1. The van der Waals surface area contributed by atoms with E-state index in [0.717, 1.165) is 30.8 Å². The summed E-state index contributed by atoms with van der Waals surface area (Å²) in [5, 5.41) is 14.6. The minimum absolute atomic E-state index is 0.0595. The van der Waals surface area contributed by atoms with E-state index >= 15 is 0 Å². The maximum Gasteiger partial charge on any atom is 0.273 e. The molecular weight excluding hydrogens is 306 g/mol. The van der Waals surface area contributed by atoms with Gasteiger partial charge in [-0.25, -0.2) is 0 Å². The van der Waals surface area contributed by atoms with Crippen molar-refractivity contribution in [2.45, 2.75) is 25.1 Å². The molecule has 2 aliphatic rings. The molecule has 2 aromatic carbocycles. The van der Waals surface area contributed by atoms with Crippen molar-refractivity contribution in [3.8, 4) is 5.75 Å². The standard InChI is InChI=1S/C18H19N3O3/c22-21(23)15-6-7-17(20-11-14-8-16(20)10-19-14)18(9-15)24-12-13-4-2-1-3-5-13/h1-7,9,14,16,19H,8,10-12H2. The third-order valence-electron chi connectivity index (χ3n) is 4.76. The van der Waals surface area contributed by atoms with Crippen LogP contribution in [0.15, 0.2) is 48.5 Å². The first-order valence-corrected chi connectivity index (χ1v) is 8.16. The van der Waals surface area contributed by atoms with Crippen LogP contribution in [0.3, 0.4) is 0 Å². The molecule has 0 aliphatic carbocycles. The molecule has 2 fully saturated rings. The third-order valence-corrected chi connectivity index (χ3v) is 4.76. The Kier molecular flexibility index (Phi) is 3.82. The Bertz CT molecular complexity index is 750. The quantitative estimate of drug-likeness (QED) is 0.676. The van der Waals surface area contributed by atoms with Crippen LogP contribution in [0, 0.1) is 10.1 Å². The molecule has 2 atom stereocenters. The number of fused-ring (bicyclic) bond motifs is 2. The third kappa shape index (κ3) is 2.80. The molecule has 0 saturated carbocycles. The molecule has 2 bridgehead atoms. The minimum atomic E-state index is -0.378. The largest absolute Gasteiger partial charge is 0.486 e. The highest BCUT2D eigenvalue weighted by Gasteiger charge is 2.38. The Balaban J connectivity index is 1.61. The fraction of sp³-hybridized carbons (Fsp3) is 0.333. The lowest BCUT2D eigenvalue weighted by Crippen LogP contribution is -2.43. The van der Waals surface area contributed by atoms with Gasteiger partial charge in [0.05, 0.1) is 16.7 Å². The number of nitro benzene ring substituents is 1. The lowest BCUT2D eigenvalue weighted by atomic mass is 10.2. The van der Waals surface area contributed by atoms with E-state index in [4.69, 9.17) is 4.74 Å². The molecular formula is C18H19N3O3. The average Bonchev–Trinajstić information content (AvgIpc) is 3.24. The first-order chi connectivity index (χ1) is 11.7. The first kappa shape index (κ1) is 15.0. The predicted molar refractivity (Wildman–Crippen MR) is 91.4 cm³/mol. The highest BCUT2D eigenvalue weighted by atomic mass is 16.6. The van der Waals surface area contributed by atoms with E-state index in [1.165, 1.54) is 6.07 Å². The Hall–Kier alpha value is -2.60. The zero-order valence-electron chi connectivity index (χ0n) is 13.2. The number of non-ortho nitro benzene ring substituents is 1. The molecule has 6 nitrogen and oxygen atoms in total. The fourth-order valence-electron chi connectivity index (χ4n) is 3.56. The number of ether oxygens (including phenoxy) is 1. The fourth-order valence-corrected chi connectivity index (χ4v) is 3.56. The molecule has 24 heavy (non-hydrogen) atoms. The van der Waals surface area contributed by atoms with E-state index < -0.39 is 0 Å². The first-order valence-electron chi connectivity index (χ1n) is 8.16. The average molecular weight is 325 g/mol. The van der Waals surface area contributed by atoms with Crippen LogP contribution in [0.4, 0.5) is 11.4 Å². The molecule has 4 rings (SSSR count). The van der Waals surface area contributed by atoms with Crippen LogP contribution in [-0.4, -0.2) is 30.1 Å². The summed E-state index contributed by atoms with van der Waals surface area (Å²) >= 11 is 0. The molecule has 0 spiro atoms. The Morgan fingerprint density at radius 3 is 2.75 bits per heavy atom. The van der Waals surface area contributed by atoms with Gasteiger partial charge in [-0.1, -0.05) is 30.3 Å². The number of hydrogen-bond acceptors (Lipinski definition) is 5. The number of hydrogen-bond donors (Lipinski definition) is 1. The number of piperazine rings is 1. The van der Waals surface area contributed by atoms with E-state index in [2.05, 4.69) is 10.2 Å². The lowest BCUT2D eigenvalue weighted by molar-refractivity contribution is -0.384. The van der Waals surface area contributed by atoms with E-state index in [9.17, 15) is 10.1 Å². The number of nitrogens with one attached hydrogen (secondary N) is 1. The Morgan fingerprint density at radius 2 is 2.08 bits per heavy atom. The zero-order valence-corrected chi connectivity index (χ0v) is 13.2. The summed E-state index contributed by atoms with van der Waals surface area (Å²) in [6.45, 7) is 2.28. The van der Waals surface area contributed by atoms with Gasteiger partial charge in [-0.05, 0) is 18.1 Å². The smallest absolute Gasteiger partial charge is 0.273 e. The van der Waals surface area contributed by atoms with Crippen LogP contribution in [0.5, 0.6) is 5.75 Å². The molecule has 2 aromatic rings. The van der Waals surface area contributed by atoms with Crippen LogP contribution in [-0.2, 0) is 6.61 Å². The van der Waals surface area contributed by atoms with Gasteiger partial charge < -0.3 is 15.0 Å². The Labute approximate surface area is 140 Å². The topological polar surface area (TPSA) is 67.6 Å². The van der Waals surface area contributed by atoms with E-state index in [0.29, 0.717) is 24.4 Å². The van der Waals surface area contributed by atoms with Gasteiger partial charge in [0.2, 0.25) is 0 Å². The van der Waals surface area contributed by atoms with Crippen molar-refractivity contribution in [2.75, 3.05) is 18.0 Å². The van der Waals surface area contributed by atoms with E-state index in [-0.39, 0.29) is 10.6 Å². The van der Waals surface area contributed by atoms with Crippen LogP contribution in [0.2, 0.25) is 0 Å². The maximum absolute atomic E-state index is 11.1. The highest BCUT2D eigenvalue weighted by Crippen LogP contribution is 2.38. The van der Waals surface area contributed by atoms with Crippen LogP contribution < -0.4 is 15.0 Å². The van der Waals surface area contributed by atoms with Gasteiger partial charge in [0, 0.05) is 31.2 Å². The lowest BCUT2D eigenvalue weighted by Gasteiger charge is -2.30. The summed E-state index contributed by atoms with van der Waals surface area (Å²) in [7, 11) is 0. The molecule has 2 aliphatic heterocycles. The van der Waals surface area contributed by atoms with Crippen molar-refractivity contribution in [3.63, 3.8) is 0 Å². The van der Waals surface area contributed by atoms with Crippen molar-refractivity contribution >= 4 is 11.4 Å². The van der Waals surface area contributed by atoms with Gasteiger partial charge in [-0.15, -0.1) is 0 Å². The SMILES string of the molecule is O=[N+]([O-])c1ccc(N2CC3CC2CN3)c(OCc2ccccc2)c1. The second-order valence-corrected chi connectivity index (χ2v) is 6.33. The molecule has 0 radical (unpaired) electrons. The zero-order chi connectivity index (χ0) is 16.5. The van der Waals surface area contributed by atoms with Gasteiger partial charge in [0.1, 0.15) is 12.4 Å². The van der Waals surface area contributed by atoms with E-state index in [1.807, 2.05) is 36.4 Å². The molecule has 0 aromatic heterocycles. The molecule has 6 heteroatoms. The Morgan fingerprint density at radius 1 is 1.25 bits per heavy atom. The van der Waals surface area contributed by atoms with Crippen molar-refractivity contribution < 1.29 is 9.66 Å². The van der Waals surface area contributed by atoms with E-state index in [1.54, 1.807) is 6.07 Å². The second kappa shape index (κ2) is 6.13. The van der Waals surface area contributed by atoms with Gasteiger partial charge in [-0.3, -0.25) is 10.1 Å². The summed E-state index contributed by atoms with van der Waals surface area (Å²) < 4.78 is 5.97. The molecule has 0 amide bonds. The van der Waals surface area contributed by atoms with Gasteiger partial charge >= 0.3 is 0 Å². The van der Waals surface area contributed by atoms with Gasteiger partial charge in [-0.2, -0.15) is 0 Å². The minimum Gasteiger partial charge on any atom is -0.486 e. The number of nitrogens with zero attached hydrogens (tertiary/aromatic N) is 2. The second-order valence-electron chi connectivity index (χ2n) is 6.33. The summed E-state index contributed by atoms with van der Waals surface area (Å²) in [5.41, 5.74) is 2.05. The van der Waals surface area contributed by atoms with Crippen LogP contribution in [0.25, 0.3) is 0 Å². The van der Waals surface area contributed by atoms with Crippen molar-refractivity contribution in [2.24, 2.45) is 0 Å². The van der Waals surface area contributed by atoms with Crippen molar-refractivity contribution in [1.82, 2.24) is 5.32 Å². The molecule has 124 valence electrons. The molecule has 1 N–H and O–H groups in total. The van der Waals surface area contributed by atoms with Crippen LogP contribution >= 0.6 is 0 Å². The number of anilines is 1. The van der Waals surface area contributed by atoms with Crippen LogP contribution in [0.1, 0.15) is 12.0 Å². The van der Waals surface area contributed by atoms with Gasteiger partial charge in [0.15, 0.2) is 0 Å². The van der Waals surface area contributed by atoms with Gasteiger partial charge in [0.25, 0.3) is 5.69 Å². The predicted octanol–water partition coefficient (Wildman–Crippen LogP) is 2.72. The van der Waals surface area contributed by atoms with Crippen molar-refractivity contribution in [3.05, 3.63) is 64.2 Å². The molecule has 2 unspecified atom stereocenters. The monoisotopic (exact) mass is 325 g/mol. The summed E-state index contributed by atoms with van der Waals surface area (Å²) in [4.78, 5) is 13.0. The maximum atomic E-state index is 11.1. The van der Waals surface area contributed by atoms with Crippen molar-refractivity contribution in [1.29, 1.82) is 0 Å². The highest BCUT2D eigenvalue weighted by molar-refractivity contribution is 5.64. The molecule has 2 saturated heterocycles. The number of rotatable bonds is 5.